The number of sulfonamides is 1. The van der Waals surface area contributed by atoms with Gasteiger partial charge in [0.2, 0.25) is 10.0 Å². The zero-order chi connectivity index (χ0) is 31.0. The van der Waals surface area contributed by atoms with Gasteiger partial charge in [0.25, 0.3) is 0 Å². The summed E-state index contributed by atoms with van der Waals surface area (Å²) in [5, 5.41) is 10.5. The number of benzene rings is 4. The number of amides is 4. The van der Waals surface area contributed by atoms with Gasteiger partial charge in [0, 0.05) is 22.5 Å². The maximum atomic E-state index is 13.0. The lowest BCUT2D eigenvalue weighted by Crippen LogP contribution is -2.25. The molecule has 4 aromatic rings. The number of Topliss-reactive ketones (excluding diaryl/α,β-unsaturated/α-hetero) is 2. The Morgan fingerprint density at radius 2 is 1.05 bits per heavy atom. The van der Waals surface area contributed by atoms with Gasteiger partial charge < -0.3 is 21.3 Å². The monoisotopic (exact) mass is 599 g/mol. The first-order valence-electron chi connectivity index (χ1n) is 13.0. The molecule has 12 heteroatoms. The number of nitrogens with one attached hydrogen (secondary N) is 5. The fourth-order valence-electron chi connectivity index (χ4n) is 4.01. The lowest BCUT2D eigenvalue weighted by Gasteiger charge is -2.18. The van der Waals surface area contributed by atoms with Crippen molar-refractivity contribution in [3.8, 4) is 0 Å². The van der Waals surface area contributed by atoms with Gasteiger partial charge in [-0.1, -0.05) is 36.4 Å². The summed E-state index contributed by atoms with van der Waals surface area (Å²) in [4.78, 5) is 49.0. The lowest BCUT2D eigenvalue weighted by atomic mass is 10.1. The molecule has 0 radical (unpaired) electrons. The Balaban J connectivity index is 1.58. The smallest absolute Gasteiger partial charge is 0.308 e. The molecule has 4 rings (SSSR count). The number of carbonyl (C=O) groups is 4. The van der Waals surface area contributed by atoms with E-state index in [2.05, 4.69) is 26.0 Å². The first kappa shape index (κ1) is 30.5. The van der Waals surface area contributed by atoms with E-state index in [1.165, 1.54) is 32.0 Å². The highest BCUT2D eigenvalue weighted by atomic mass is 32.2. The van der Waals surface area contributed by atoms with Crippen molar-refractivity contribution >= 4 is 62.1 Å². The maximum Gasteiger partial charge on any atom is 0.323 e. The molecule has 4 amide bonds. The Morgan fingerprint density at radius 1 is 0.558 bits per heavy atom. The SMILES string of the molecule is CC(=O)c1ccc(NC(=O)Nc2cccc(NS(=O)(=O)Cc3ccccc3)c2NC(=O)Nc2ccc(C(C)=O)cc2)cc1. The molecule has 43 heavy (non-hydrogen) atoms. The highest BCUT2D eigenvalue weighted by Crippen LogP contribution is 2.32. The van der Waals surface area contributed by atoms with Crippen LogP contribution in [0.5, 0.6) is 0 Å². The normalized spacial score (nSPS) is 10.7. The average molecular weight is 600 g/mol. The topological polar surface area (TPSA) is 163 Å². The summed E-state index contributed by atoms with van der Waals surface area (Å²) in [6.07, 6.45) is 0. The second-order valence-electron chi connectivity index (χ2n) is 9.50. The molecule has 0 bridgehead atoms. The first-order valence-corrected chi connectivity index (χ1v) is 14.7. The van der Waals surface area contributed by atoms with Crippen molar-refractivity contribution in [2.45, 2.75) is 19.6 Å². The highest BCUT2D eigenvalue weighted by Gasteiger charge is 2.19. The van der Waals surface area contributed by atoms with E-state index in [1.807, 2.05) is 0 Å². The van der Waals surface area contributed by atoms with Crippen molar-refractivity contribution in [2.75, 3.05) is 26.0 Å². The molecule has 0 fully saturated rings. The molecule has 0 atom stereocenters. The average Bonchev–Trinajstić information content (AvgIpc) is 2.95. The van der Waals surface area contributed by atoms with Crippen LogP contribution in [0.15, 0.2) is 97.1 Å². The molecular formula is C31H29N5O6S. The van der Waals surface area contributed by atoms with Crippen LogP contribution in [-0.4, -0.2) is 32.0 Å². The van der Waals surface area contributed by atoms with Crippen molar-refractivity contribution in [3.63, 3.8) is 0 Å². The predicted octanol–water partition coefficient (Wildman–Crippen LogP) is 6.32. The fraction of sp³-hybridized carbons (Fsp3) is 0.0968. The molecule has 4 aromatic carbocycles. The third-order valence-corrected chi connectivity index (χ3v) is 7.36. The van der Waals surface area contributed by atoms with Crippen LogP contribution in [0.1, 0.15) is 40.1 Å². The molecule has 0 spiro atoms. The molecule has 11 nitrogen and oxygen atoms in total. The quantitative estimate of drug-likeness (QED) is 0.134. The van der Waals surface area contributed by atoms with Crippen LogP contribution in [0.4, 0.5) is 38.0 Å². The number of urea groups is 2. The molecule has 220 valence electrons. The number of para-hydroxylation sites is 1. The van der Waals surface area contributed by atoms with Gasteiger partial charge in [-0.15, -0.1) is 0 Å². The minimum atomic E-state index is -3.93. The molecule has 0 saturated heterocycles. The van der Waals surface area contributed by atoms with Gasteiger partial charge in [-0.25, -0.2) is 18.0 Å². The number of anilines is 5. The third kappa shape index (κ3) is 8.75. The van der Waals surface area contributed by atoms with Gasteiger partial charge in [-0.3, -0.25) is 14.3 Å². The Bertz CT molecular complexity index is 1760. The van der Waals surface area contributed by atoms with Crippen molar-refractivity contribution in [1.82, 2.24) is 0 Å². The minimum Gasteiger partial charge on any atom is -0.308 e. The Kier molecular flexibility index (Phi) is 9.53. The minimum absolute atomic E-state index is 0.0147. The predicted molar refractivity (Wildman–Crippen MR) is 167 cm³/mol. The summed E-state index contributed by atoms with van der Waals surface area (Å²) in [6, 6.07) is 24.1. The number of ketones is 2. The summed E-state index contributed by atoms with van der Waals surface area (Å²) in [6.45, 7) is 2.86. The molecule has 0 heterocycles. The van der Waals surface area contributed by atoms with E-state index in [9.17, 15) is 27.6 Å². The van der Waals surface area contributed by atoms with Gasteiger partial charge >= 0.3 is 12.1 Å². The highest BCUT2D eigenvalue weighted by molar-refractivity contribution is 7.91. The largest absolute Gasteiger partial charge is 0.323 e. The van der Waals surface area contributed by atoms with Crippen molar-refractivity contribution < 1.29 is 27.6 Å². The Labute approximate surface area is 248 Å². The molecule has 0 aliphatic carbocycles. The summed E-state index contributed by atoms with van der Waals surface area (Å²) in [5.41, 5.74) is 2.39. The summed E-state index contributed by atoms with van der Waals surface area (Å²) in [5.74, 6) is -0.570. The second-order valence-corrected chi connectivity index (χ2v) is 11.2. The number of hydrogen-bond acceptors (Lipinski definition) is 6. The first-order chi connectivity index (χ1) is 20.5. The van der Waals surface area contributed by atoms with E-state index in [-0.39, 0.29) is 34.4 Å². The van der Waals surface area contributed by atoms with E-state index in [1.54, 1.807) is 78.9 Å². The Hall–Kier alpha value is -5.49. The maximum absolute atomic E-state index is 13.0. The van der Waals surface area contributed by atoms with E-state index < -0.39 is 22.1 Å². The van der Waals surface area contributed by atoms with E-state index in [0.29, 0.717) is 28.1 Å². The summed E-state index contributed by atoms with van der Waals surface area (Å²) in [7, 11) is -3.93. The van der Waals surface area contributed by atoms with Crippen LogP contribution in [0.3, 0.4) is 0 Å². The van der Waals surface area contributed by atoms with E-state index in [0.717, 1.165) is 0 Å². The zero-order valence-corrected chi connectivity index (χ0v) is 24.1. The Morgan fingerprint density at radius 3 is 1.56 bits per heavy atom. The molecule has 0 saturated carbocycles. The van der Waals surface area contributed by atoms with Gasteiger partial charge in [0.1, 0.15) is 0 Å². The van der Waals surface area contributed by atoms with Crippen LogP contribution < -0.4 is 26.0 Å². The van der Waals surface area contributed by atoms with Crippen molar-refractivity contribution in [2.24, 2.45) is 0 Å². The van der Waals surface area contributed by atoms with E-state index in [4.69, 9.17) is 0 Å². The van der Waals surface area contributed by atoms with Crippen molar-refractivity contribution in [1.29, 1.82) is 0 Å². The van der Waals surface area contributed by atoms with Crippen LogP contribution in [0, 0.1) is 0 Å². The van der Waals surface area contributed by atoms with Gasteiger partial charge in [0.15, 0.2) is 11.6 Å². The molecular weight excluding hydrogens is 570 g/mol. The lowest BCUT2D eigenvalue weighted by molar-refractivity contribution is 0.100. The molecule has 0 unspecified atom stereocenters. The summed E-state index contributed by atoms with van der Waals surface area (Å²) < 4.78 is 28.6. The van der Waals surface area contributed by atoms with Gasteiger partial charge in [-0.2, -0.15) is 0 Å². The second kappa shape index (κ2) is 13.4. The number of carbonyl (C=O) groups excluding carboxylic acids is 4. The number of hydrogen-bond donors (Lipinski definition) is 5. The molecule has 0 aliphatic rings. The van der Waals surface area contributed by atoms with Crippen molar-refractivity contribution in [3.05, 3.63) is 114 Å². The zero-order valence-electron chi connectivity index (χ0n) is 23.3. The van der Waals surface area contributed by atoms with Crippen LogP contribution >= 0.6 is 0 Å². The van der Waals surface area contributed by atoms with Gasteiger partial charge in [-0.05, 0) is 80.1 Å². The van der Waals surface area contributed by atoms with Crippen LogP contribution in [0.25, 0.3) is 0 Å². The third-order valence-electron chi connectivity index (χ3n) is 6.11. The van der Waals surface area contributed by atoms with Crippen LogP contribution in [0.2, 0.25) is 0 Å². The molecule has 5 N–H and O–H groups in total. The van der Waals surface area contributed by atoms with E-state index >= 15 is 0 Å². The number of rotatable bonds is 10. The summed E-state index contributed by atoms with van der Waals surface area (Å²) >= 11 is 0. The fourth-order valence-corrected chi connectivity index (χ4v) is 5.22. The molecule has 0 aromatic heterocycles. The molecule has 0 aliphatic heterocycles. The van der Waals surface area contributed by atoms with Gasteiger partial charge in [0.05, 0.1) is 22.8 Å². The standard InChI is InChI=1S/C31H29N5O6S/c1-20(37)23-11-15-25(16-12-23)32-30(39)34-27-9-6-10-28(36-43(41,42)19-22-7-4-3-5-8-22)29(27)35-31(40)33-26-17-13-24(14-18-26)21(2)38/h3-18,36H,19H2,1-2H3,(H2,32,34,39)(H2,33,35,40). The van der Waals surface area contributed by atoms with Crippen LogP contribution in [-0.2, 0) is 15.8 Å².